The largest absolute Gasteiger partial charge is 0.477 e. The Morgan fingerprint density at radius 1 is 1.33 bits per heavy atom. The van der Waals surface area contributed by atoms with Crippen LogP contribution < -0.4 is 5.32 Å². The Bertz CT molecular complexity index is 633. The number of hydrogen-bond acceptors (Lipinski definition) is 4. The summed E-state index contributed by atoms with van der Waals surface area (Å²) in [7, 11) is 0. The van der Waals surface area contributed by atoms with Crippen molar-refractivity contribution in [3.05, 3.63) is 52.0 Å². The standard InChI is InChI=1S/C15H16N2O3S/c1-15(2,12-4-3-7-21-12)9-17-13(18)10-5-6-11(14(19)20)16-8-10/h3-8H,9H2,1-2H3,(H,17,18)(H,19,20). The Hall–Kier alpha value is -2.21. The smallest absolute Gasteiger partial charge is 0.354 e. The Morgan fingerprint density at radius 2 is 2.10 bits per heavy atom. The summed E-state index contributed by atoms with van der Waals surface area (Å²) in [5, 5.41) is 13.6. The summed E-state index contributed by atoms with van der Waals surface area (Å²) < 4.78 is 0. The fourth-order valence-corrected chi connectivity index (χ4v) is 2.66. The van der Waals surface area contributed by atoms with Gasteiger partial charge in [-0.15, -0.1) is 11.3 Å². The van der Waals surface area contributed by atoms with E-state index in [1.807, 2.05) is 17.5 Å². The third-order valence-corrected chi connectivity index (χ3v) is 4.36. The fraction of sp³-hybridized carbons (Fsp3) is 0.267. The van der Waals surface area contributed by atoms with Gasteiger partial charge in [0, 0.05) is 23.0 Å². The first-order valence-electron chi connectivity index (χ1n) is 6.42. The SMILES string of the molecule is CC(C)(CNC(=O)c1ccc(C(=O)O)nc1)c1cccs1. The first-order valence-corrected chi connectivity index (χ1v) is 7.29. The average molecular weight is 304 g/mol. The zero-order chi connectivity index (χ0) is 15.5. The van der Waals surface area contributed by atoms with Crippen LogP contribution in [0.1, 0.15) is 39.6 Å². The molecule has 0 aliphatic heterocycles. The van der Waals surface area contributed by atoms with E-state index in [0.29, 0.717) is 12.1 Å². The van der Waals surface area contributed by atoms with Crippen molar-refractivity contribution in [3.63, 3.8) is 0 Å². The molecule has 2 rings (SSSR count). The number of carbonyl (C=O) groups is 2. The molecule has 0 atom stereocenters. The van der Waals surface area contributed by atoms with E-state index in [1.165, 1.54) is 23.2 Å². The van der Waals surface area contributed by atoms with Gasteiger partial charge >= 0.3 is 5.97 Å². The van der Waals surface area contributed by atoms with Gasteiger partial charge in [0.15, 0.2) is 0 Å². The molecule has 2 N–H and O–H groups in total. The third kappa shape index (κ3) is 3.66. The summed E-state index contributed by atoms with van der Waals surface area (Å²) in [6.45, 7) is 4.61. The first-order chi connectivity index (χ1) is 9.90. The van der Waals surface area contributed by atoms with Crippen LogP contribution in [-0.2, 0) is 5.41 Å². The molecule has 0 bridgehead atoms. The lowest BCUT2D eigenvalue weighted by molar-refractivity contribution is 0.0689. The molecule has 21 heavy (non-hydrogen) atoms. The van der Waals surface area contributed by atoms with Gasteiger partial charge in [-0.1, -0.05) is 19.9 Å². The Balaban J connectivity index is 2.00. The van der Waals surface area contributed by atoms with Crippen LogP contribution in [0.25, 0.3) is 0 Å². The molecule has 0 spiro atoms. The van der Waals surface area contributed by atoms with E-state index < -0.39 is 5.97 Å². The molecule has 0 fully saturated rings. The number of nitrogens with one attached hydrogen (secondary N) is 1. The van der Waals surface area contributed by atoms with Gasteiger partial charge in [0.05, 0.1) is 5.56 Å². The number of amides is 1. The van der Waals surface area contributed by atoms with E-state index in [1.54, 1.807) is 11.3 Å². The summed E-state index contributed by atoms with van der Waals surface area (Å²) in [5.74, 6) is -1.37. The molecular formula is C15H16N2O3S. The molecule has 2 heterocycles. The quantitative estimate of drug-likeness (QED) is 0.889. The van der Waals surface area contributed by atoms with Gasteiger partial charge < -0.3 is 10.4 Å². The van der Waals surface area contributed by atoms with E-state index in [4.69, 9.17) is 5.11 Å². The minimum Gasteiger partial charge on any atom is -0.477 e. The van der Waals surface area contributed by atoms with Gasteiger partial charge in [-0.3, -0.25) is 4.79 Å². The van der Waals surface area contributed by atoms with E-state index in [9.17, 15) is 9.59 Å². The number of thiophene rings is 1. The molecule has 2 aromatic heterocycles. The minimum absolute atomic E-state index is 0.0783. The second-order valence-electron chi connectivity index (χ2n) is 5.28. The Morgan fingerprint density at radius 3 is 2.62 bits per heavy atom. The molecule has 0 aliphatic carbocycles. The van der Waals surface area contributed by atoms with Crippen LogP contribution >= 0.6 is 11.3 Å². The number of aromatic carboxylic acids is 1. The number of pyridine rings is 1. The molecule has 0 radical (unpaired) electrons. The lowest BCUT2D eigenvalue weighted by Gasteiger charge is -2.23. The highest BCUT2D eigenvalue weighted by Crippen LogP contribution is 2.26. The second-order valence-corrected chi connectivity index (χ2v) is 6.23. The molecule has 0 aliphatic rings. The van der Waals surface area contributed by atoms with Crippen LogP contribution in [-0.4, -0.2) is 28.5 Å². The van der Waals surface area contributed by atoms with Crippen LogP contribution in [0.5, 0.6) is 0 Å². The number of carboxylic acid groups (broad SMARTS) is 1. The zero-order valence-electron chi connectivity index (χ0n) is 11.8. The monoisotopic (exact) mass is 304 g/mol. The molecule has 0 saturated heterocycles. The number of hydrogen-bond donors (Lipinski definition) is 2. The van der Waals surface area contributed by atoms with Crippen molar-refractivity contribution < 1.29 is 14.7 Å². The molecule has 0 unspecified atom stereocenters. The lowest BCUT2D eigenvalue weighted by Crippen LogP contribution is -2.36. The maximum absolute atomic E-state index is 12.0. The number of nitrogens with zero attached hydrogens (tertiary/aromatic N) is 1. The normalized spacial score (nSPS) is 11.1. The van der Waals surface area contributed by atoms with Gasteiger partial charge in [0.2, 0.25) is 0 Å². The number of carbonyl (C=O) groups excluding carboxylic acids is 1. The average Bonchev–Trinajstić information content (AvgIpc) is 3.00. The topological polar surface area (TPSA) is 79.3 Å². The summed E-state index contributed by atoms with van der Waals surface area (Å²) >= 11 is 1.65. The number of rotatable bonds is 5. The van der Waals surface area contributed by atoms with Crippen molar-refractivity contribution in [2.24, 2.45) is 0 Å². The van der Waals surface area contributed by atoms with Crippen LogP contribution in [0.4, 0.5) is 0 Å². The first kappa shape index (κ1) is 15.2. The van der Waals surface area contributed by atoms with Gasteiger partial charge in [-0.05, 0) is 23.6 Å². The predicted octanol–water partition coefficient (Wildman–Crippen LogP) is 2.55. The highest BCUT2D eigenvalue weighted by Gasteiger charge is 2.22. The highest BCUT2D eigenvalue weighted by atomic mass is 32.1. The highest BCUT2D eigenvalue weighted by molar-refractivity contribution is 7.10. The fourth-order valence-electron chi connectivity index (χ4n) is 1.81. The number of carboxylic acids is 1. The predicted molar refractivity (Wildman–Crippen MR) is 80.9 cm³/mol. The molecular weight excluding hydrogens is 288 g/mol. The molecule has 110 valence electrons. The van der Waals surface area contributed by atoms with Crippen molar-refractivity contribution in [1.82, 2.24) is 10.3 Å². The van der Waals surface area contributed by atoms with Crippen molar-refractivity contribution in [2.45, 2.75) is 19.3 Å². The van der Waals surface area contributed by atoms with Gasteiger partial charge in [-0.2, -0.15) is 0 Å². The van der Waals surface area contributed by atoms with E-state index in [2.05, 4.69) is 24.1 Å². The van der Waals surface area contributed by atoms with Crippen LogP contribution in [0, 0.1) is 0 Å². The molecule has 1 amide bonds. The number of aromatic nitrogens is 1. The van der Waals surface area contributed by atoms with E-state index >= 15 is 0 Å². The zero-order valence-corrected chi connectivity index (χ0v) is 12.6. The van der Waals surface area contributed by atoms with E-state index in [-0.39, 0.29) is 17.0 Å². The molecule has 5 nitrogen and oxygen atoms in total. The maximum Gasteiger partial charge on any atom is 0.354 e. The second kappa shape index (κ2) is 6.05. The molecule has 0 aromatic carbocycles. The van der Waals surface area contributed by atoms with Crippen molar-refractivity contribution in [2.75, 3.05) is 6.54 Å². The lowest BCUT2D eigenvalue weighted by atomic mass is 9.91. The Labute approximate surface area is 126 Å². The Kier molecular flexibility index (Phi) is 4.37. The molecule has 6 heteroatoms. The summed E-state index contributed by atoms with van der Waals surface area (Å²) in [5.41, 5.74) is 0.116. The van der Waals surface area contributed by atoms with E-state index in [0.717, 1.165) is 0 Å². The molecule has 2 aromatic rings. The van der Waals surface area contributed by atoms with Crippen LogP contribution in [0.15, 0.2) is 35.8 Å². The van der Waals surface area contributed by atoms with Crippen molar-refractivity contribution in [1.29, 1.82) is 0 Å². The minimum atomic E-state index is -1.11. The molecule has 0 saturated carbocycles. The summed E-state index contributed by atoms with van der Waals surface area (Å²) in [6.07, 6.45) is 1.27. The van der Waals surface area contributed by atoms with Gasteiger partial charge in [-0.25, -0.2) is 9.78 Å². The summed E-state index contributed by atoms with van der Waals surface area (Å²) in [6, 6.07) is 6.81. The van der Waals surface area contributed by atoms with Crippen molar-refractivity contribution >= 4 is 23.2 Å². The van der Waals surface area contributed by atoms with Crippen molar-refractivity contribution in [3.8, 4) is 0 Å². The van der Waals surface area contributed by atoms with Crippen LogP contribution in [0.2, 0.25) is 0 Å². The third-order valence-electron chi connectivity index (χ3n) is 3.12. The van der Waals surface area contributed by atoms with Crippen LogP contribution in [0.3, 0.4) is 0 Å². The van der Waals surface area contributed by atoms with Gasteiger partial charge in [0.1, 0.15) is 5.69 Å². The maximum atomic E-state index is 12.0. The van der Waals surface area contributed by atoms with Gasteiger partial charge in [0.25, 0.3) is 5.91 Å². The summed E-state index contributed by atoms with van der Waals surface area (Å²) in [4.78, 5) is 27.7.